The van der Waals surface area contributed by atoms with Gasteiger partial charge in [-0.05, 0) is 36.2 Å². The number of nitrogens with two attached hydrogens (primary N) is 1. The number of alkyl halides is 3. The van der Waals surface area contributed by atoms with E-state index in [1.54, 1.807) is 31.2 Å². The highest BCUT2D eigenvalue weighted by molar-refractivity contribution is 9.10. The number of benzene rings is 2. The molecule has 2 N–H and O–H groups in total. The fraction of sp³-hybridized carbons (Fsp3) is 0.200. The van der Waals surface area contributed by atoms with Crippen LogP contribution in [-0.4, -0.2) is 0 Å². The zero-order valence-electron chi connectivity index (χ0n) is 11.0. The molecule has 0 heterocycles. The van der Waals surface area contributed by atoms with Crippen molar-refractivity contribution < 1.29 is 17.6 Å². The van der Waals surface area contributed by atoms with Gasteiger partial charge in [-0.3, -0.25) is 0 Å². The van der Waals surface area contributed by atoms with E-state index in [1.165, 1.54) is 6.07 Å². The van der Waals surface area contributed by atoms with Crippen molar-refractivity contribution in [2.75, 3.05) is 0 Å². The molecule has 0 radical (unpaired) electrons. The molecule has 2 rings (SSSR count). The summed E-state index contributed by atoms with van der Waals surface area (Å²) in [4.78, 5) is 0. The van der Waals surface area contributed by atoms with E-state index < -0.39 is 23.1 Å². The van der Waals surface area contributed by atoms with Crippen LogP contribution in [0.2, 0.25) is 0 Å². The van der Waals surface area contributed by atoms with Gasteiger partial charge in [-0.1, -0.05) is 40.2 Å². The van der Waals surface area contributed by atoms with Crippen LogP contribution in [0.5, 0.6) is 0 Å². The van der Waals surface area contributed by atoms with E-state index >= 15 is 0 Å². The van der Waals surface area contributed by atoms with Gasteiger partial charge in [-0.25, -0.2) is 4.39 Å². The van der Waals surface area contributed by atoms with Gasteiger partial charge in [0.15, 0.2) is 0 Å². The molecule has 0 fully saturated rings. The van der Waals surface area contributed by atoms with Gasteiger partial charge in [0.05, 0.1) is 11.1 Å². The first-order valence-corrected chi connectivity index (χ1v) is 6.84. The summed E-state index contributed by atoms with van der Waals surface area (Å²) in [5.41, 5.74) is 4.50. The Bertz CT molecular complexity index is 665. The fourth-order valence-electron chi connectivity index (χ4n) is 2.10. The number of hydrogen-bond acceptors (Lipinski definition) is 1. The Balaban J connectivity index is 2.59. The van der Waals surface area contributed by atoms with E-state index in [-0.39, 0.29) is 5.56 Å². The van der Waals surface area contributed by atoms with Crippen LogP contribution >= 0.6 is 15.9 Å². The molecule has 112 valence electrons. The van der Waals surface area contributed by atoms with Gasteiger partial charge in [0.25, 0.3) is 0 Å². The predicted octanol–water partition coefficient (Wildman–Crippen LogP) is 4.83. The predicted molar refractivity (Wildman–Crippen MR) is 76.2 cm³/mol. The summed E-state index contributed by atoms with van der Waals surface area (Å²) in [6.45, 7) is 1.58. The molecule has 0 bridgehead atoms. The Kier molecular flexibility index (Phi) is 4.13. The van der Waals surface area contributed by atoms with Crippen LogP contribution in [0, 0.1) is 5.82 Å². The maximum absolute atomic E-state index is 13.4. The molecule has 6 heteroatoms. The first-order valence-electron chi connectivity index (χ1n) is 6.05. The van der Waals surface area contributed by atoms with Crippen molar-refractivity contribution in [2.24, 2.45) is 5.73 Å². The lowest BCUT2D eigenvalue weighted by molar-refractivity contribution is -0.140. The lowest BCUT2D eigenvalue weighted by Gasteiger charge is -2.28. The van der Waals surface area contributed by atoms with Crippen LogP contribution < -0.4 is 5.73 Å². The highest BCUT2D eigenvalue weighted by Crippen LogP contribution is 2.37. The van der Waals surface area contributed by atoms with Gasteiger partial charge in [0, 0.05) is 4.47 Å². The monoisotopic (exact) mass is 361 g/mol. The minimum absolute atomic E-state index is 0.183. The van der Waals surface area contributed by atoms with Crippen molar-refractivity contribution in [3.05, 3.63) is 69.4 Å². The minimum Gasteiger partial charge on any atom is -0.318 e. The summed E-state index contributed by atoms with van der Waals surface area (Å²) in [5, 5.41) is 0. The summed E-state index contributed by atoms with van der Waals surface area (Å²) >= 11 is 3.33. The Morgan fingerprint density at radius 2 is 1.62 bits per heavy atom. The fourth-order valence-corrected chi connectivity index (χ4v) is 2.80. The van der Waals surface area contributed by atoms with E-state index in [4.69, 9.17) is 5.73 Å². The van der Waals surface area contributed by atoms with Crippen molar-refractivity contribution >= 4 is 15.9 Å². The van der Waals surface area contributed by atoms with Crippen molar-refractivity contribution in [1.82, 2.24) is 0 Å². The van der Waals surface area contributed by atoms with Crippen molar-refractivity contribution in [3.63, 3.8) is 0 Å². The zero-order valence-corrected chi connectivity index (χ0v) is 12.6. The maximum Gasteiger partial charge on any atom is 0.419 e. The molecule has 0 aliphatic rings. The molecule has 0 aliphatic carbocycles. The average molecular weight is 362 g/mol. The van der Waals surface area contributed by atoms with E-state index in [0.717, 1.165) is 12.1 Å². The summed E-state index contributed by atoms with van der Waals surface area (Å²) in [7, 11) is 0. The smallest absolute Gasteiger partial charge is 0.318 e. The van der Waals surface area contributed by atoms with E-state index in [9.17, 15) is 17.6 Å². The molecule has 1 nitrogen and oxygen atoms in total. The van der Waals surface area contributed by atoms with Crippen LogP contribution in [0.1, 0.15) is 23.6 Å². The quantitative estimate of drug-likeness (QED) is 0.761. The third-order valence-corrected chi connectivity index (χ3v) is 4.00. The SMILES string of the molecule is CC(N)(c1ccc(F)c(C(F)(F)F)c1)c1ccccc1Br. The molecule has 21 heavy (non-hydrogen) atoms. The molecule has 0 saturated carbocycles. The Morgan fingerprint density at radius 3 is 2.19 bits per heavy atom. The number of hydrogen-bond donors (Lipinski definition) is 1. The van der Waals surface area contributed by atoms with E-state index in [0.29, 0.717) is 10.0 Å². The highest BCUT2D eigenvalue weighted by Gasteiger charge is 2.36. The van der Waals surface area contributed by atoms with Crippen LogP contribution in [0.15, 0.2) is 46.9 Å². The Morgan fingerprint density at radius 1 is 1.00 bits per heavy atom. The van der Waals surface area contributed by atoms with Gasteiger partial charge >= 0.3 is 6.18 Å². The van der Waals surface area contributed by atoms with E-state index in [2.05, 4.69) is 15.9 Å². The van der Waals surface area contributed by atoms with Crippen LogP contribution in [0.25, 0.3) is 0 Å². The average Bonchev–Trinajstić information content (AvgIpc) is 2.37. The molecule has 2 aromatic carbocycles. The van der Waals surface area contributed by atoms with Crippen molar-refractivity contribution in [3.8, 4) is 0 Å². The molecule has 1 atom stereocenters. The molecule has 2 aromatic rings. The standard InChI is InChI=1S/C15H12BrF4N/c1-14(21,10-4-2-3-5-12(10)16)9-6-7-13(17)11(8-9)15(18,19)20/h2-8H,21H2,1H3. The van der Waals surface area contributed by atoms with Crippen molar-refractivity contribution in [2.45, 2.75) is 18.6 Å². The maximum atomic E-state index is 13.4. The van der Waals surface area contributed by atoms with Gasteiger partial charge in [-0.15, -0.1) is 0 Å². The third kappa shape index (κ3) is 3.11. The molecule has 1 unspecified atom stereocenters. The van der Waals surface area contributed by atoms with Crippen LogP contribution in [0.4, 0.5) is 17.6 Å². The Labute approximate surface area is 127 Å². The van der Waals surface area contributed by atoms with Crippen molar-refractivity contribution in [1.29, 1.82) is 0 Å². The lowest BCUT2D eigenvalue weighted by atomic mass is 9.85. The van der Waals surface area contributed by atoms with E-state index in [1.807, 2.05) is 0 Å². The van der Waals surface area contributed by atoms with Gasteiger partial charge in [0.2, 0.25) is 0 Å². The van der Waals surface area contributed by atoms with Gasteiger partial charge in [-0.2, -0.15) is 13.2 Å². The van der Waals surface area contributed by atoms with Gasteiger partial charge < -0.3 is 5.73 Å². The molecule has 0 spiro atoms. The molecular formula is C15H12BrF4N. The summed E-state index contributed by atoms with van der Waals surface area (Å²) in [6.07, 6.45) is -4.76. The normalized spacial score (nSPS) is 14.8. The molecule has 0 aliphatic heterocycles. The number of rotatable bonds is 2. The minimum atomic E-state index is -4.76. The molecule has 0 amide bonds. The molecule has 0 aromatic heterocycles. The highest BCUT2D eigenvalue weighted by atomic mass is 79.9. The third-order valence-electron chi connectivity index (χ3n) is 3.30. The second-order valence-corrected chi connectivity index (χ2v) is 5.73. The zero-order chi connectivity index (χ0) is 15.8. The largest absolute Gasteiger partial charge is 0.419 e. The Hall–Kier alpha value is -1.40. The molecular weight excluding hydrogens is 350 g/mol. The first-order chi connectivity index (χ1) is 9.64. The summed E-state index contributed by atoms with van der Waals surface area (Å²) < 4.78 is 52.5. The first kappa shape index (κ1) is 16.0. The summed E-state index contributed by atoms with van der Waals surface area (Å²) in [6, 6.07) is 9.78. The van der Waals surface area contributed by atoms with Crippen LogP contribution in [0.3, 0.4) is 0 Å². The summed E-state index contributed by atoms with van der Waals surface area (Å²) in [5.74, 6) is -1.31. The molecule has 0 saturated heterocycles. The lowest BCUT2D eigenvalue weighted by Crippen LogP contribution is -2.35. The second kappa shape index (κ2) is 5.42. The number of halogens is 5. The van der Waals surface area contributed by atoms with Crippen LogP contribution in [-0.2, 0) is 11.7 Å². The topological polar surface area (TPSA) is 26.0 Å². The second-order valence-electron chi connectivity index (χ2n) is 4.87. The van der Waals surface area contributed by atoms with Gasteiger partial charge in [0.1, 0.15) is 5.82 Å².